The Labute approximate surface area is 152 Å². The van der Waals surface area contributed by atoms with Gasteiger partial charge < -0.3 is 9.64 Å². The molecule has 5 nitrogen and oxygen atoms in total. The van der Waals surface area contributed by atoms with Gasteiger partial charge in [-0.05, 0) is 29.3 Å². The first-order valence-corrected chi connectivity index (χ1v) is 8.82. The topological polar surface area (TPSA) is 47.4 Å². The monoisotopic (exact) mass is 347 g/mol. The lowest BCUT2D eigenvalue weighted by atomic mass is 10.1. The maximum absolute atomic E-state index is 12.9. The molecule has 1 saturated heterocycles. The van der Waals surface area contributed by atoms with Gasteiger partial charge in [0, 0.05) is 24.5 Å². The zero-order valence-corrected chi connectivity index (χ0v) is 14.5. The van der Waals surface area contributed by atoms with Gasteiger partial charge in [0.05, 0.1) is 19.7 Å². The maximum atomic E-state index is 12.9. The van der Waals surface area contributed by atoms with Crippen molar-refractivity contribution in [2.24, 2.45) is 0 Å². The van der Waals surface area contributed by atoms with E-state index in [2.05, 4.69) is 5.10 Å². The summed E-state index contributed by atoms with van der Waals surface area (Å²) < 4.78 is 7.72. The maximum Gasteiger partial charge on any atom is 0.254 e. The van der Waals surface area contributed by atoms with E-state index in [1.54, 1.807) is 6.20 Å². The van der Waals surface area contributed by atoms with Gasteiger partial charge in [0.15, 0.2) is 0 Å². The summed E-state index contributed by atoms with van der Waals surface area (Å²) in [6, 6.07) is 19.7. The van der Waals surface area contributed by atoms with Crippen LogP contribution in [-0.2, 0) is 11.3 Å². The van der Waals surface area contributed by atoms with Crippen LogP contribution in [-0.4, -0.2) is 40.3 Å². The van der Waals surface area contributed by atoms with E-state index in [9.17, 15) is 4.79 Å². The highest BCUT2D eigenvalue weighted by Gasteiger charge is 2.25. The lowest BCUT2D eigenvalue weighted by Crippen LogP contribution is -2.42. The molecule has 4 rings (SSSR count). The third-order valence-electron chi connectivity index (χ3n) is 4.63. The number of aromatic nitrogens is 2. The molecule has 1 amide bonds. The van der Waals surface area contributed by atoms with E-state index in [-0.39, 0.29) is 12.0 Å². The molecule has 2 aromatic carbocycles. The summed E-state index contributed by atoms with van der Waals surface area (Å²) in [6.07, 6.45) is 3.63. The van der Waals surface area contributed by atoms with Crippen LogP contribution < -0.4 is 0 Å². The molecule has 0 bridgehead atoms. The van der Waals surface area contributed by atoms with Gasteiger partial charge in [-0.3, -0.25) is 9.48 Å². The number of nitrogens with zero attached hydrogens (tertiary/aromatic N) is 3. The van der Waals surface area contributed by atoms with E-state index >= 15 is 0 Å². The Morgan fingerprint density at radius 2 is 1.88 bits per heavy atom. The second-order valence-corrected chi connectivity index (χ2v) is 6.42. The molecule has 5 heteroatoms. The summed E-state index contributed by atoms with van der Waals surface area (Å²) in [4.78, 5) is 14.7. The van der Waals surface area contributed by atoms with E-state index < -0.39 is 0 Å². The first-order chi connectivity index (χ1) is 12.8. The number of morpholine rings is 1. The predicted octanol–water partition coefficient (Wildman–Crippen LogP) is 3.15. The second-order valence-electron chi connectivity index (χ2n) is 6.42. The van der Waals surface area contributed by atoms with Gasteiger partial charge in [-0.25, -0.2) is 0 Å². The third kappa shape index (κ3) is 3.68. The molecule has 26 heavy (non-hydrogen) atoms. The molecule has 1 aliphatic heterocycles. The Morgan fingerprint density at radius 1 is 1.08 bits per heavy atom. The fourth-order valence-electron chi connectivity index (χ4n) is 3.22. The quantitative estimate of drug-likeness (QED) is 0.728. The normalized spacial score (nSPS) is 17.2. The van der Waals surface area contributed by atoms with Gasteiger partial charge in [0.1, 0.15) is 6.10 Å². The number of carbonyl (C=O) groups excluding carboxylic acids is 1. The van der Waals surface area contributed by atoms with Crippen molar-refractivity contribution in [3.8, 4) is 0 Å². The van der Waals surface area contributed by atoms with Crippen LogP contribution in [0.1, 0.15) is 27.6 Å². The van der Waals surface area contributed by atoms with Crippen LogP contribution in [0, 0.1) is 0 Å². The lowest BCUT2D eigenvalue weighted by molar-refractivity contribution is -0.0228. The summed E-state index contributed by atoms with van der Waals surface area (Å²) in [5, 5.41) is 4.21. The van der Waals surface area contributed by atoms with Crippen molar-refractivity contribution in [3.05, 3.63) is 89.7 Å². The van der Waals surface area contributed by atoms with Gasteiger partial charge in [-0.15, -0.1) is 0 Å². The molecule has 0 N–H and O–H groups in total. The van der Waals surface area contributed by atoms with Crippen molar-refractivity contribution in [1.82, 2.24) is 14.7 Å². The lowest BCUT2D eigenvalue weighted by Gasteiger charge is -2.33. The van der Waals surface area contributed by atoms with Crippen LogP contribution in [0.2, 0.25) is 0 Å². The molecule has 1 aromatic heterocycles. The highest BCUT2D eigenvalue weighted by Crippen LogP contribution is 2.23. The highest BCUT2D eigenvalue weighted by molar-refractivity contribution is 5.94. The van der Waals surface area contributed by atoms with E-state index in [4.69, 9.17) is 4.74 Å². The number of ether oxygens (including phenoxy) is 1. The second kappa shape index (κ2) is 7.54. The van der Waals surface area contributed by atoms with Crippen LogP contribution in [0.4, 0.5) is 0 Å². The smallest absolute Gasteiger partial charge is 0.254 e. The number of benzene rings is 2. The fourth-order valence-corrected chi connectivity index (χ4v) is 3.22. The number of hydrogen-bond donors (Lipinski definition) is 0. The first kappa shape index (κ1) is 16.5. The predicted molar refractivity (Wildman–Crippen MR) is 98.8 cm³/mol. The molecule has 1 aliphatic rings. The summed E-state index contributed by atoms with van der Waals surface area (Å²) in [5.74, 6) is 0.0554. The molecule has 1 fully saturated rings. The average molecular weight is 347 g/mol. The minimum atomic E-state index is -0.0620. The number of hydrogen-bond acceptors (Lipinski definition) is 3. The average Bonchev–Trinajstić information content (AvgIpc) is 3.22. The van der Waals surface area contributed by atoms with Gasteiger partial charge >= 0.3 is 0 Å². The Balaban J connectivity index is 1.43. The molecule has 1 unspecified atom stereocenters. The Kier molecular flexibility index (Phi) is 4.80. The van der Waals surface area contributed by atoms with Gasteiger partial charge in [0.25, 0.3) is 5.91 Å². The van der Waals surface area contributed by atoms with Crippen LogP contribution in [0.3, 0.4) is 0 Å². The third-order valence-corrected chi connectivity index (χ3v) is 4.63. The number of amides is 1. The van der Waals surface area contributed by atoms with E-state index in [1.165, 1.54) is 0 Å². The van der Waals surface area contributed by atoms with Crippen molar-refractivity contribution in [2.45, 2.75) is 12.6 Å². The van der Waals surface area contributed by atoms with Crippen molar-refractivity contribution < 1.29 is 9.53 Å². The minimum Gasteiger partial charge on any atom is -0.370 e. The molecule has 0 aliphatic carbocycles. The molecule has 0 spiro atoms. The molecular weight excluding hydrogens is 326 g/mol. The van der Waals surface area contributed by atoms with Crippen molar-refractivity contribution in [2.75, 3.05) is 19.7 Å². The van der Waals surface area contributed by atoms with Gasteiger partial charge in [0.2, 0.25) is 0 Å². The molecular formula is C21H21N3O2. The summed E-state index contributed by atoms with van der Waals surface area (Å²) in [5.41, 5.74) is 2.94. The molecule has 132 valence electrons. The van der Waals surface area contributed by atoms with E-state index in [1.807, 2.05) is 76.4 Å². The van der Waals surface area contributed by atoms with Crippen LogP contribution in [0.5, 0.6) is 0 Å². The van der Waals surface area contributed by atoms with Crippen LogP contribution >= 0.6 is 0 Å². The Bertz CT molecular complexity index is 845. The molecule has 1 atom stereocenters. The summed E-state index contributed by atoms with van der Waals surface area (Å²) >= 11 is 0. The number of rotatable bonds is 4. The van der Waals surface area contributed by atoms with Crippen LogP contribution in [0.25, 0.3) is 0 Å². The van der Waals surface area contributed by atoms with Crippen molar-refractivity contribution in [1.29, 1.82) is 0 Å². The SMILES string of the molecule is O=C(c1ccc(Cn2cccn2)cc1)N1CCOC(c2ccccc2)C1. The number of carbonyl (C=O) groups is 1. The van der Waals surface area contributed by atoms with Crippen LogP contribution in [0.15, 0.2) is 73.1 Å². The highest BCUT2D eigenvalue weighted by atomic mass is 16.5. The molecule has 0 saturated carbocycles. The Hall–Kier alpha value is -2.92. The molecule has 0 radical (unpaired) electrons. The fraction of sp³-hybridized carbons (Fsp3) is 0.238. The minimum absolute atomic E-state index is 0.0554. The van der Waals surface area contributed by atoms with E-state index in [0.717, 1.165) is 11.1 Å². The molecule has 2 heterocycles. The first-order valence-electron chi connectivity index (χ1n) is 8.82. The largest absolute Gasteiger partial charge is 0.370 e. The standard InChI is InChI=1S/C21H21N3O2/c25-21(19-9-7-17(8-10-19)15-24-12-4-11-22-24)23-13-14-26-20(16-23)18-5-2-1-3-6-18/h1-12,20H,13-16H2. The van der Waals surface area contributed by atoms with E-state index in [0.29, 0.717) is 31.8 Å². The summed E-state index contributed by atoms with van der Waals surface area (Å²) in [7, 11) is 0. The van der Waals surface area contributed by atoms with Gasteiger partial charge in [-0.1, -0.05) is 42.5 Å². The molecule has 3 aromatic rings. The zero-order valence-electron chi connectivity index (χ0n) is 14.5. The summed E-state index contributed by atoms with van der Waals surface area (Å²) in [6.45, 7) is 2.47. The van der Waals surface area contributed by atoms with Gasteiger partial charge in [-0.2, -0.15) is 5.10 Å². The van der Waals surface area contributed by atoms with Crippen molar-refractivity contribution in [3.63, 3.8) is 0 Å². The van der Waals surface area contributed by atoms with Crippen molar-refractivity contribution >= 4 is 5.91 Å². The zero-order chi connectivity index (χ0) is 17.8. The Morgan fingerprint density at radius 3 is 2.62 bits per heavy atom.